The van der Waals surface area contributed by atoms with Crippen LogP contribution in [0.4, 0.5) is 4.39 Å². The number of likely N-dealkylation sites (tertiary alicyclic amines) is 1. The van der Waals surface area contributed by atoms with Crippen LogP contribution in [0, 0.1) is 5.82 Å². The highest BCUT2D eigenvalue weighted by molar-refractivity contribution is 7.92. The van der Waals surface area contributed by atoms with Crippen LogP contribution in [0.2, 0.25) is 0 Å². The summed E-state index contributed by atoms with van der Waals surface area (Å²) in [5, 5.41) is 3.10. The van der Waals surface area contributed by atoms with Gasteiger partial charge in [0, 0.05) is 25.1 Å². The minimum absolute atomic E-state index is 0.0680. The van der Waals surface area contributed by atoms with Crippen molar-refractivity contribution in [3.05, 3.63) is 47.6 Å². The molecule has 126 valence electrons. The molecule has 0 bridgehead atoms. The van der Waals surface area contributed by atoms with Gasteiger partial charge < -0.3 is 9.42 Å². The van der Waals surface area contributed by atoms with Crippen molar-refractivity contribution < 1.29 is 22.1 Å². The number of halogens is 1. The molecule has 1 aromatic carbocycles. The highest BCUT2D eigenvalue weighted by Gasteiger charge is 2.41. The van der Waals surface area contributed by atoms with Gasteiger partial charge in [-0.25, -0.2) is 12.8 Å². The summed E-state index contributed by atoms with van der Waals surface area (Å²) in [7, 11) is -3.57. The molecule has 0 unspecified atom stereocenters. The van der Waals surface area contributed by atoms with Gasteiger partial charge in [-0.3, -0.25) is 4.79 Å². The molecule has 24 heavy (non-hydrogen) atoms. The summed E-state index contributed by atoms with van der Waals surface area (Å²) in [4.78, 5) is 13.8. The highest BCUT2D eigenvalue weighted by atomic mass is 32.2. The topological polar surface area (TPSA) is 80.5 Å². The van der Waals surface area contributed by atoms with Gasteiger partial charge in [-0.05, 0) is 37.1 Å². The lowest BCUT2D eigenvalue weighted by Crippen LogP contribution is -2.56. The fraction of sp³-hybridized carbons (Fsp3) is 0.375. The summed E-state index contributed by atoms with van der Waals surface area (Å²) in [6.07, 6.45) is 2.09. The summed E-state index contributed by atoms with van der Waals surface area (Å²) in [6.45, 7) is 0.203. The van der Waals surface area contributed by atoms with Crippen LogP contribution in [0.25, 0.3) is 0 Å². The smallest absolute Gasteiger partial charge is 0.276 e. The van der Waals surface area contributed by atoms with Crippen molar-refractivity contribution in [2.45, 2.75) is 28.9 Å². The Morgan fingerprint density at radius 2 is 1.88 bits per heavy atom. The first-order valence-corrected chi connectivity index (χ1v) is 9.25. The predicted molar refractivity (Wildman–Crippen MR) is 81.8 cm³/mol. The van der Waals surface area contributed by atoms with Gasteiger partial charge in [-0.2, -0.15) is 0 Å². The monoisotopic (exact) mass is 350 g/mol. The van der Waals surface area contributed by atoms with Crippen LogP contribution < -0.4 is 0 Å². The van der Waals surface area contributed by atoms with Gasteiger partial charge in [0.2, 0.25) is 0 Å². The molecule has 2 fully saturated rings. The fourth-order valence-electron chi connectivity index (χ4n) is 2.73. The Morgan fingerprint density at radius 3 is 2.50 bits per heavy atom. The van der Waals surface area contributed by atoms with E-state index in [-0.39, 0.29) is 29.6 Å². The lowest BCUT2D eigenvalue weighted by atomic mass is 10.2. The summed E-state index contributed by atoms with van der Waals surface area (Å²) in [5.74, 6) is 0.268. The van der Waals surface area contributed by atoms with E-state index in [1.54, 1.807) is 6.07 Å². The number of sulfone groups is 1. The molecule has 1 saturated carbocycles. The third-order valence-corrected chi connectivity index (χ3v) is 6.55. The van der Waals surface area contributed by atoms with E-state index in [9.17, 15) is 17.6 Å². The molecule has 1 amide bonds. The summed E-state index contributed by atoms with van der Waals surface area (Å²) in [5.41, 5.74) is 0.217. The van der Waals surface area contributed by atoms with Gasteiger partial charge in [-0.1, -0.05) is 5.16 Å². The lowest BCUT2D eigenvalue weighted by molar-refractivity contribution is 0.0648. The van der Waals surface area contributed by atoms with Gasteiger partial charge in [0.1, 0.15) is 16.8 Å². The Labute approximate surface area is 138 Å². The normalized spacial score (nSPS) is 18.5. The van der Waals surface area contributed by atoms with Gasteiger partial charge >= 0.3 is 0 Å². The maximum Gasteiger partial charge on any atom is 0.276 e. The number of benzene rings is 1. The van der Waals surface area contributed by atoms with Gasteiger partial charge in [-0.15, -0.1) is 0 Å². The molecule has 1 aliphatic carbocycles. The molecule has 2 aromatic rings. The second-order valence-electron chi connectivity index (χ2n) is 6.22. The zero-order valence-electron chi connectivity index (χ0n) is 12.7. The van der Waals surface area contributed by atoms with Crippen molar-refractivity contribution in [3.63, 3.8) is 0 Å². The molecule has 0 N–H and O–H groups in total. The predicted octanol–water partition coefficient (Wildman–Crippen LogP) is 1.99. The van der Waals surface area contributed by atoms with E-state index >= 15 is 0 Å². The van der Waals surface area contributed by atoms with Crippen molar-refractivity contribution >= 4 is 15.7 Å². The molecule has 1 aliphatic heterocycles. The Hall–Kier alpha value is -2.22. The number of nitrogens with zero attached hydrogens (tertiary/aromatic N) is 2. The number of aromatic nitrogens is 1. The average molecular weight is 350 g/mol. The maximum absolute atomic E-state index is 12.9. The van der Waals surface area contributed by atoms with Crippen molar-refractivity contribution in [1.29, 1.82) is 0 Å². The molecule has 2 heterocycles. The number of hydrogen-bond acceptors (Lipinski definition) is 5. The van der Waals surface area contributed by atoms with Crippen LogP contribution in [-0.4, -0.2) is 42.7 Å². The van der Waals surface area contributed by atoms with E-state index in [0.717, 1.165) is 25.0 Å². The fourth-order valence-corrected chi connectivity index (χ4v) is 4.38. The van der Waals surface area contributed by atoms with E-state index < -0.39 is 20.9 Å². The molecule has 1 saturated heterocycles. The molecule has 4 rings (SSSR count). The molecule has 0 radical (unpaired) electrons. The molecule has 0 spiro atoms. The van der Waals surface area contributed by atoms with Crippen LogP contribution in [0.1, 0.15) is 35.0 Å². The van der Waals surface area contributed by atoms with Crippen molar-refractivity contribution in [1.82, 2.24) is 10.1 Å². The second kappa shape index (κ2) is 5.41. The van der Waals surface area contributed by atoms with Crippen LogP contribution in [0.5, 0.6) is 0 Å². The van der Waals surface area contributed by atoms with Crippen LogP contribution >= 0.6 is 0 Å². The number of carbonyl (C=O) groups excluding carboxylic acids is 1. The number of amides is 1. The molecule has 6 nitrogen and oxygen atoms in total. The van der Waals surface area contributed by atoms with Gasteiger partial charge in [0.25, 0.3) is 5.91 Å². The van der Waals surface area contributed by atoms with Crippen LogP contribution in [-0.2, 0) is 9.84 Å². The SMILES string of the molecule is O=C(c1cc(C2CC2)on1)N1CC(S(=O)(=O)c2ccc(F)cc2)C1. The number of carbonyl (C=O) groups is 1. The number of rotatable bonds is 4. The largest absolute Gasteiger partial charge is 0.360 e. The average Bonchev–Trinajstić information content (AvgIpc) is 3.23. The van der Waals surface area contributed by atoms with Crippen LogP contribution in [0.3, 0.4) is 0 Å². The lowest BCUT2D eigenvalue weighted by Gasteiger charge is -2.38. The first kappa shape index (κ1) is 15.3. The van der Waals surface area contributed by atoms with Crippen molar-refractivity contribution in [2.24, 2.45) is 0 Å². The molecule has 2 aliphatic rings. The maximum atomic E-state index is 12.9. The Morgan fingerprint density at radius 1 is 1.21 bits per heavy atom. The first-order valence-electron chi connectivity index (χ1n) is 7.70. The molecular weight excluding hydrogens is 335 g/mol. The van der Waals surface area contributed by atoms with E-state index in [1.807, 2.05) is 0 Å². The highest BCUT2D eigenvalue weighted by Crippen LogP contribution is 2.40. The number of hydrogen-bond donors (Lipinski definition) is 0. The quantitative estimate of drug-likeness (QED) is 0.788. The van der Waals surface area contributed by atoms with Crippen LogP contribution in [0.15, 0.2) is 39.8 Å². The Balaban J connectivity index is 1.43. The second-order valence-corrected chi connectivity index (χ2v) is 8.45. The minimum atomic E-state index is -3.57. The first-order chi connectivity index (χ1) is 11.4. The summed E-state index contributed by atoms with van der Waals surface area (Å²) < 4.78 is 43.0. The van der Waals surface area contributed by atoms with E-state index in [1.165, 1.54) is 17.0 Å². The van der Waals surface area contributed by atoms with Gasteiger partial charge in [0.05, 0.1) is 4.90 Å². The molecule has 1 aromatic heterocycles. The van der Waals surface area contributed by atoms with E-state index in [2.05, 4.69) is 5.16 Å². The Bertz CT molecular complexity index is 881. The molecular formula is C16H15FN2O4S. The Kier molecular flexibility index (Phi) is 3.45. The zero-order valence-corrected chi connectivity index (χ0v) is 13.5. The van der Waals surface area contributed by atoms with E-state index in [4.69, 9.17) is 4.52 Å². The van der Waals surface area contributed by atoms with E-state index in [0.29, 0.717) is 11.7 Å². The zero-order chi connectivity index (χ0) is 16.9. The third kappa shape index (κ3) is 2.60. The summed E-state index contributed by atoms with van der Waals surface area (Å²) in [6, 6.07) is 6.36. The molecule has 0 atom stereocenters. The minimum Gasteiger partial charge on any atom is -0.360 e. The van der Waals surface area contributed by atoms with Crippen molar-refractivity contribution in [2.75, 3.05) is 13.1 Å². The third-order valence-electron chi connectivity index (χ3n) is 4.44. The van der Waals surface area contributed by atoms with Crippen molar-refractivity contribution in [3.8, 4) is 0 Å². The standard InChI is InChI=1S/C16H15FN2O4S/c17-11-3-5-12(6-4-11)24(21,22)13-8-19(9-13)16(20)14-7-15(23-18-14)10-1-2-10/h3-7,10,13H,1-2,8-9H2. The molecule has 8 heteroatoms. The van der Waals surface area contributed by atoms with Gasteiger partial charge in [0.15, 0.2) is 15.5 Å². The summed E-state index contributed by atoms with van der Waals surface area (Å²) >= 11 is 0.